The Hall–Kier alpha value is -1.20. The molecule has 4 rings (SSSR count). The van der Waals surface area contributed by atoms with Gasteiger partial charge in [-0.2, -0.15) is 0 Å². The largest absolute Gasteiger partial charge is 0.444 e. The van der Waals surface area contributed by atoms with Crippen LogP contribution in [0.4, 0.5) is 4.79 Å². The van der Waals surface area contributed by atoms with Gasteiger partial charge in [0, 0.05) is 42.0 Å². The molecule has 1 aliphatic rings. The molecule has 1 amide bonds. The third-order valence-electron chi connectivity index (χ3n) is 5.80. The van der Waals surface area contributed by atoms with Crippen molar-refractivity contribution in [2.24, 2.45) is 0 Å². The number of hydrogen-bond donors (Lipinski definition) is 0. The molecule has 0 aromatic carbocycles. The van der Waals surface area contributed by atoms with Crippen LogP contribution >= 0.6 is 38.6 Å². The maximum atomic E-state index is 13.0. The Labute approximate surface area is 219 Å². The molecule has 1 saturated heterocycles. The zero-order chi connectivity index (χ0) is 24.7. The maximum Gasteiger partial charge on any atom is 0.410 e. The molecule has 1 atom stereocenters. The number of aromatic nitrogens is 2. The Morgan fingerprint density at radius 1 is 1.24 bits per heavy atom. The minimum atomic E-state index is -1.19. The Morgan fingerprint density at radius 3 is 2.68 bits per heavy atom. The van der Waals surface area contributed by atoms with Gasteiger partial charge < -0.3 is 14.0 Å². The zero-order valence-electron chi connectivity index (χ0n) is 20.8. The summed E-state index contributed by atoms with van der Waals surface area (Å²) in [6, 6.07) is 0.994. The monoisotopic (exact) mass is 583 g/mol. The molecule has 3 aromatic rings. The SMILES string of the molecule is CC(C)(C)OC(=O)N1CCC[C@H]1c1ncc(-c2csc3c(Br)csc23)n1COCC[Si](C)(C)C. The van der Waals surface area contributed by atoms with Crippen molar-refractivity contribution in [3.63, 3.8) is 0 Å². The summed E-state index contributed by atoms with van der Waals surface area (Å²) in [6.07, 6.45) is 3.47. The molecule has 0 spiro atoms. The fraction of sp³-hybridized carbons (Fsp3) is 0.583. The van der Waals surface area contributed by atoms with Crippen LogP contribution in [-0.2, 0) is 16.2 Å². The van der Waals surface area contributed by atoms with E-state index in [0.717, 1.165) is 41.5 Å². The number of carbonyl (C=O) groups excluding carboxylic acids is 1. The number of nitrogens with zero attached hydrogens (tertiary/aromatic N) is 3. The minimum absolute atomic E-state index is 0.117. The molecule has 4 heterocycles. The second-order valence-electron chi connectivity index (χ2n) is 11.0. The van der Waals surface area contributed by atoms with Gasteiger partial charge in [0.1, 0.15) is 18.2 Å². The van der Waals surface area contributed by atoms with E-state index in [1.54, 1.807) is 22.7 Å². The number of rotatable bonds is 7. The number of halogens is 1. The van der Waals surface area contributed by atoms with E-state index in [-0.39, 0.29) is 12.1 Å². The number of likely N-dealkylation sites (tertiary alicyclic amines) is 1. The molecule has 0 saturated carbocycles. The number of fused-ring (bicyclic) bond motifs is 1. The van der Waals surface area contributed by atoms with Gasteiger partial charge in [0.15, 0.2) is 0 Å². The van der Waals surface area contributed by atoms with Crippen molar-refractivity contribution < 1.29 is 14.3 Å². The molecule has 0 aliphatic carbocycles. The van der Waals surface area contributed by atoms with Crippen LogP contribution in [0.3, 0.4) is 0 Å². The summed E-state index contributed by atoms with van der Waals surface area (Å²) in [4.78, 5) is 19.7. The molecule has 34 heavy (non-hydrogen) atoms. The first kappa shape index (κ1) is 25.9. The second-order valence-corrected chi connectivity index (χ2v) is 19.2. The summed E-state index contributed by atoms with van der Waals surface area (Å²) in [5.74, 6) is 0.876. The zero-order valence-corrected chi connectivity index (χ0v) is 25.0. The maximum absolute atomic E-state index is 13.0. The topological polar surface area (TPSA) is 56.6 Å². The summed E-state index contributed by atoms with van der Waals surface area (Å²) >= 11 is 7.14. The van der Waals surface area contributed by atoms with E-state index in [0.29, 0.717) is 13.3 Å². The average molecular weight is 585 g/mol. The van der Waals surface area contributed by atoms with Gasteiger partial charge in [0.2, 0.25) is 0 Å². The van der Waals surface area contributed by atoms with Gasteiger partial charge in [-0.1, -0.05) is 19.6 Å². The van der Waals surface area contributed by atoms with Crippen molar-refractivity contribution in [2.45, 2.75) is 77.7 Å². The smallest absolute Gasteiger partial charge is 0.410 e. The van der Waals surface area contributed by atoms with Crippen molar-refractivity contribution in [2.75, 3.05) is 13.2 Å². The summed E-state index contributed by atoms with van der Waals surface area (Å²) in [5.41, 5.74) is 1.68. The normalized spacial score (nSPS) is 17.1. The van der Waals surface area contributed by atoms with E-state index in [1.807, 2.05) is 31.9 Å². The van der Waals surface area contributed by atoms with Crippen LogP contribution in [0.2, 0.25) is 25.7 Å². The highest BCUT2D eigenvalue weighted by Gasteiger charge is 2.36. The lowest BCUT2D eigenvalue weighted by Gasteiger charge is -2.29. The third-order valence-corrected chi connectivity index (χ3v) is 10.9. The predicted octanol–water partition coefficient (Wildman–Crippen LogP) is 7.97. The molecule has 10 heteroatoms. The lowest BCUT2D eigenvalue weighted by atomic mass is 10.2. The lowest BCUT2D eigenvalue weighted by Crippen LogP contribution is -2.37. The third kappa shape index (κ3) is 5.78. The number of hydrogen-bond acceptors (Lipinski definition) is 6. The van der Waals surface area contributed by atoms with Crippen molar-refractivity contribution in [3.8, 4) is 11.3 Å². The van der Waals surface area contributed by atoms with Crippen LogP contribution in [-0.4, -0.2) is 47.4 Å². The molecule has 0 unspecified atom stereocenters. The summed E-state index contributed by atoms with van der Waals surface area (Å²) in [7, 11) is -1.19. The van der Waals surface area contributed by atoms with Gasteiger partial charge in [-0.25, -0.2) is 9.78 Å². The Bertz CT molecular complexity index is 1160. The van der Waals surface area contributed by atoms with Crippen molar-refractivity contribution in [1.29, 1.82) is 0 Å². The van der Waals surface area contributed by atoms with Gasteiger partial charge in [-0.05, 0) is 55.6 Å². The predicted molar refractivity (Wildman–Crippen MR) is 148 cm³/mol. The quantitative estimate of drug-likeness (QED) is 0.209. The van der Waals surface area contributed by atoms with E-state index in [2.05, 4.69) is 50.9 Å². The minimum Gasteiger partial charge on any atom is -0.444 e. The van der Waals surface area contributed by atoms with Crippen molar-refractivity contribution in [1.82, 2.24) is 14.5 Å². The molecule has 0 bridgehead atoms. The summed E-state index contributed by atoms with van der Waals surface area (Å²) in [5, 5.41) is 4.34. The van der Waals surface area contributed by atoms with Crippen LogP contribution in [0.5, 0.6) is 0 Å². The highest BCUT2D eigenvalue weighted by Crippen LogP contribution is 2.43. The highest BCUT2D eigenvalue weighted by atomic mass is 79.9. The molecule has 1 fully saturated rings. The van der Waals surface area contributed by atoms with Gasteiger partial charge in [-0.3, -0.25) is 4.90 Å². The Balaban J connectivity index is 1.67. The lowest BCUT2D eigenvalue weighted by molar-refractivity contribution is 0.0204. The fourth-order valence-corrected chi connectivity index (χ4v) is 7.88. The van der Waals surface area contributed by atoms with Crippen LogP contribution in [0.25, 0.3) is 20.7 Å². The van der Waals surface area contributed by atoms with Crippen LogP contribution in [0, 0.1) is 0 Å². The molecular weight excluding hydrogens is 550 g/mol. The number of amides is 1. The van der Waals surface area contributed by atoms with E-state index >= 15 is 0 Å². The first-order valence-electron chi connectivity index (χ1n) is 11.7. The number of ether oxygens (including phenoxy) is 2. The van der Waals surface area contributed by atoms with E-state index in [9.17, 15) is 4.79 Å². The Morgan fingerprint density at radius 2 is 1.97 bits per heavy atom. The summed E-state index contributed by atoms with van der Waals surface area (Å²) < 4.78 is 17.7. The van der Waals surface area contributed by atoms with Crippen molar-refractivity contribution >= 4 is 62.2 Å². The second kappa shape index (κ2) is 10.0. The van der Waals surface area contributed by atoms with E-state index in [4.69, 9.17) is 14.5 Å². The highest BCUT2D eigenvalue weighted by molar-refractivity contribution is 9.10. The van der Waals surface area contributed by atoms with Gasteiger partial charge >= 0.3 is 6.09 Å². The molecule has 3 aromatic heterocycles. The molecule has 1 aliphatic heterocycles. The van der Waals surface area contributed by atoms with Crippen LogP contribution in [0.15, 0.2) is 21.4 Å². The number of imidazole rings is 1. The molecule has 0 N–H and O–H groups in total. The van der Waals surface area contributed by atoms with Gasteiger partial charge in [-0.15, -0.1) is 22.7 Å². The first-order valence-corrected chi connectivity index (χ1v) is 18.0. The van der Waals surface area contributed by atoms with Crippen molar-refractivity contribution in [3.05, 3.63) is 27.3 Å². The van der Waals surface area contributed by atoms with Crippen LogP contribution < -0.4 is 0 Å². The first-order chi connectivity index (χ1) is 15.9. The molecule has 0 radical (unpaired) electrons. The molecule has 6 nitrogen and oxygen atoms in total. The standard InChI is InChI=1S/C24H34BrN3O3S2Si/c1-24(2,3)31-23(29)27-9-7-8-18(27)22-26-12-19(28(22)15-30-10-11-34(4,5)6)16-13-32-21-17(25)14-33-20(16)21/h12-14,18H,7-11,15H2,1-6H3/t18-/m0/s1. The van der Waals surface area contributed by atoms with Gasteiger partial charge in [0.25, 0.3) is 0 Å². The van der Waals surface area contributed by atoms with Gasteiger partial charge in [0.05, 0.1) is 27.3 Å². The Kier molecular flexibility index (Phi) is 7.64. The van der Waals surface area contributed by atoms with E-state index in [1.165, 1.54) is 15.0 Å². The number of carbonyl (C=O) groups is 1. The summed E-state index contributed by atoms with van der Waals surface area (Å²) in [6.45, 7) is 14.6. The number of thiophene rings is 2. The molecule has 186 valence electrons. The molecular formula is C24H34BrN3O3S2Si. The van der Waals surface area contributed by atoms with Crippen LogP contribution in [0.1, 0.15) is 45.5 Å². The fourth-order valence-electron chi connectivity index (χ4n) is 4.08. The van der Waals surface area contributed by atoms with E-state index < -0.39 is 13.7 Å². The average Bonchev–Trinajstić information content (AvgIpc) is 3.48.